The molecular weight excluding hydrogens is 344 g/mol. The van der Waals surface area contributed by atoms with Gasteiger partial charge in [-0.25, -0.2) is 22.0 Å². The Kier molecular flexibility index (Phi) is 5.60. The molecule has 118 valence electrons. The van der Waals surface area contributed by atoms with Crippen LogP contribution in [-0.4, -0.2) is 43.8 Å². The summed E-state index contributed by atoms with van der Waals surface area (Å²) in [6.45, 7) is 4.30. The molecule has 2 aliphatic heterocycles. The van der Waals surface area contributed by atoms with Gasteiger partial charge >= 0.3 is 0 Å². The third-order valence-electron chi connectivity index (χ3n) is 3.46. The van der Waals surface area contributed by atoms with Crippen LogP contribution in [0.2, 0.25) is 0 Å². The average molecular weight is 363 g/mol. The fourth-order valence-electron chi connectivity index (χ4n) is 2.46. The van der Waals surface area contributed by atoms with Crippen LogP contribution >= 0.6 is 24.2 Å². The monoisotopic (exact) mass is 362 g/mol. The summed E-state index contributed by atoms with van der Waals surface area (Å²) in [6.07, 6.45) is 1.97. The number of sulfone groups is 1. The van der Waals surface area contributed by atoms with E-state index < -0.39 is 34.3 Å². The van der Waals surface area contributed by atoms with E-state index >= 15 is 0 Å². The highest BCUT2D eigenvalue weighted by Gasteiger charge is 2.49. The van der Waals surface area contributed by atoms with Crippen molar-refractivity contribution in [1.29, 1.82) is 0 Å². The summed E-state index contributed by atoms with van der Waals surface area (Å²) >= 11 is 0.908. The standard InChI is InChI=1S/C10H18N2O4S3.ClH/c1-3-12-8-4-6(2)18(13,14)10-7(8)5-9(17-10)19(11,15)16;/h5-6,8-10,12H,3-4H2,1-2H3,(H2,11,15,16);1H/t6-,8+,9?,10?;/m1./s1. The summed E-state index contributed by atoms with van der Waals surface area (Å²) < 4.78 is 45.7. The molecule has 20 heavy (non-hydrogen) atoms. The first kappa shape index (κ1) is 18.2. The van der Waals surface area contributed by atoms with Gasteiger partial charge in [-0.3, -0.25) is 0 Å². The van der Waals surface area contributed by atoms with E-state index in [2.05, 4.69) is 5.32 Å². The Balaban J connectivity index is 0.00000200. The highest BCUT2D eigenvalue weighted by molar-refractivity contribution is 8.20. The summed E-state index contributed by atoms with van der Waals surface area (Å²) in [5.41, 5.74) is 0.643. The molecule has 0 aromatic rings. The van der Waals surface area contributed by atoms with Gasteiger partial charge in [-0.1, -0.05) is 13.0 Å². The van der Waals surface area contributed by atoms with E-state index in [1.54, 1.807) is 6.92 Å². The number of rotatable bonds is 3. The Labute approximate surface area is 130 Å². The Morgan fingerprint density at radius 2 is 2.10 bits per heavy atom. The Bertz CT molecular complexity index is 602. The van der Waals surface area contributed by atoms with E-state index in [1.165, 1.54) is 6.08 Å². The molecule has 1 fully saturated rings. The van der Waals surface area contributed by atoms with Gasteiger partial charge in [0.05, 0.1) is 5.25 Å². The summed E-state index contributed by atoms with van der Waals surface area (Å²) in [4.78, 5) is 0. The number of hydrogen-bond acceptors (Lipinski definition) is 6. The van der Waals surface area contributed by atoms with Crippen molar-refractivity contribution >= 4 is 44.0 Å². The molecule has 0 aliphatic carbocycles. The second-order valence-electron chi connectivity index (χ2n) is 4.84. The van der Waals surface area contributed by atoms with E-state index in [1.807, 2.05) is 6.92 Å². The number of nitrogens with two attached hydrogens (primary N) is 1. The first-order chi connectivity index (χ1) is 8.67. The molecule has 4 atom stereocenters. The second kappa shape index (κ2) is 6.13. The van der Waals surface area contributed by atoms with E-state index in [9.17, 15) is 16.8 Å². The van der Waals surface area contributed by atoms with Gasteiger partial charge in [0.25, 0.3) is 0 Å². The minimum absolute atomic E-state index is 0. The molecule has 1 saturated heterocycles. The molecule has 2 rings (SSSR count). The van der Waals surface area contributed by atoms with Crippen LogP contribution < -0.4 is 10.5 Å². The smallest absolute Gasteiger partial charge is 0.225 e. The zero-order valence-corrected chi connectivity index (χ0v) is 14.4. The first-order valence-corrected chi connectivity index (χ1v) is 10.2. The van der Waals surface area contributed by atoms with Crippen LogP contribution in [0.15, 0.2) is 11.6 Å². The lowest BCUT2D eigenvalue weighted by Gasteiger charge is -2.33. The van der Waals surface area contributed by atoms with Gasteiger partial charge in [0.2, 0.25) is 10.0 Å². The van der Waals surface area contributed by atoms with E-state index in [0.29, 0.717) is 18.5 Å². The van der Waals surface area contributed by atoms with Crippen molar-refractivity contribution in [2.24, 2.45) is 5.14 Å². The molecule has 2 heterocycles. The molecule has 2 unspecified atom stereocenters. The van der Waals surface area contributed by atoms with Crippen LogP contribution in [0.4, 0.5) is 0 Å². The molecule has 0 amide bonds. The lowest BCUT2D eigenvalue weighted by molar-refractivity contribution is 0.501. The van der Waals surface area contributed by atoms with Crippen molar-refractivity contribution in [3.63, 3.8) is 0 Å². The molecule has 0 aromatic heterocycles. The number of hydrogen-bond donors (Lipinski definition) is 2. The third-order valence-corrected chi connectivity index (χ3v) is 9.63. The molecule has 0 spiro atoms. The van der Waals surface area contributed by atoms with Gasteiger partial charge in [0.15, 0.2) is 9.84 Å². The number of primary sulfonamides is 1. The average Bonchev–Trinajstić information content (AvgIpc) is 2.72. The van der Waals surface area contributed by atoms with Crippen LogP contribution in [0.1, 0.15) is 20.3 Å². The van der Waals surface area contributed by atoms with Crippen LogP contribution in [0, 0.1) is 0 Å². The highest BCUT2D eigenvalue weighted by atomic mass is 35.5. The molecule has 0 bridgehead atoms. The number of sulfonamides is 1. The van der Waals surface area contributed by atoms with Crippen molar-refractivity contribution in [3.8, 4) is 0 Å². The van der Waals surface area contributed by atoms with Crippen molar-refractivity contribution in [1.82, 2.24) is 5.32 Å². The predicted molar refractivity (Wildman–Crippen MR) is 84.1 cm³/mol. The van der Waals surface area contributed by atoms with Gasteiger partial charge in [0, 0.05) is 6.04 Å². The van der Waals surface area contributed by atoms with Gasteiger partial charge < -0.3 is 5.32 Å². The summed E-state index contributed by atoms with van der Waals surface area (Å²) in [7, 11) is -7.12. The van der Waals surface area contributed by atoms with Crippen molar-refractivity contribution in [2.45, 2.75) is 40.7 Å². The molecular formula is C10H19ClN2O4S3. The zero-order valence-electron chi connectivity index (χ0n) is 11.1. The maximum absolute atomic E-state index is 12.3. The summed E-state index contributed by atoms with van der Waals surface area (Å²) in [5.74, 6) is 0. The zero-order chi connectivity index (χ0) is 14.4. The molecule has 10 heteroatoms. The van der Waals surface area contributed by atoms with Crippen LogP contribution in [-0.2, 0) is 19.9 Å². The number of nitrogens with one attached hydrogen (secondary N) is 1. The molecule has 0 radical (unpaired) electrons. The minimum atomic E-state index is -3.77. The number of halogens is 1. The minimum Gasteiger partial charge on any atom is -0.310 e. The van der Waals surface area contributed by atoms with E-state index in [-0.39, 0.29) is 18.4 Å². The van der Waals surface area contributed by atoms with Gasteiger partial charge in [-0.05, 0) is 25.5 Å². The fourth-order valence-corrected chi connectivity index (χ4v) is 7.90. The molecule has 6 nitrogen and oxygen atoms in total. The van der Waals surface area contributed by atoms with Gasteiger partial charge in [-0.2, -0.15) is 0 Å². The lowest BCUT2D eigenvalue weighted by Crippen LogP contribution is -2.46. The largest absolute Gasteiger partial charge is 0.310 e. The Hall–Kier alpha value is 0.200. The molecule has 3 N–H and O–H groups in total. The number of thioether (sulfide) groups is 1. The molecule has 2 aliphatic rings. The molecule has 0 aromatic carbocycles. The SMILES string of the molecule is CCN[C@H]1C[C@@H](C)S(=O)(=O)C2SC(S(N)(=O)=O)C=C21.Cl. The summed E-state index contributed by atoms with van der Waals surface area (Å²) in [5, 5.41) is 7.86. The quantitative estimate of drug-likeness (QED) is 0.695. The second-order valence-corrected chi connectivity index (χ2v) is 10.8. The maximum atomic E-state index is 12.3. The predicted octanol–water partition coefficient (Wildman–Crippen LogP) is 0.207. The normalized spacial score (nSPS) is 35.9. The Morgan fingerprint density at radius 3 is 2.60 bits per heavy atom. The third kappa shape index (κ3) is 3.17. The lowest BCUT2D eigenvalue weighted by atomic mass is 10.0. The van der Waals surface area contributed by atoms with Gasteiger partial charge in [-0.15, -0.1) is 24.2 Å². The Morgan fingerprint density at radius 1 is 1.50 bits per heavy atom. The number of fused-ring (bicyclic) bond motifs is 1. The van der Waals surface area contributed by atoms with Crippen LogP contribution in [0.3, 0.4) is 0 Å². The number of likely N-dealkylation sites (N-methyl/N-ethyl adjacent to an activating group) is 1. The fraction of sp³-hybridized carbons (Fsp3) is 0.800. The topological polar surface area (TPSA) is 106 Å². The van der Waals surface area contributed by atoms with Crippen LogP contribution in [0.5, 0.6) is 0 Å². The maximum Gasteiger partial charge on any atom is 0.225 e. The van der Waals surface area contributed by atoms with Crippen molar-refractivity contribution in [3.05, 3.63) is 11.6 Å². The van der Waals surface area contributed by atoms with Crippen molar-refractivity contribution < 1.29 is 16.8 Å². The molecule has 0 saturated carbocycles. The summed E-state index contributed by atoms with van der Waals surface area (Å²) in [6, 6.07) is -0.0900. The van der Waals surface area contributed by atoms with E-state index in [0.717, 1.165) is 11.8 Å². The van der Waals surface area contributed by atoms with Crippen LogP contribution in [0.25, 0.3) is 0 Å². The van der Waals surface area contributed by atoms with Crippen molar-refractivity contribution in [2.75, 3.05) is 6.54 Å². The highest BCUT2D eigenvalue weighted by Crippen LogP contribution is 2.45. The van der Waals surface area contributed by atoms with Gasteiger partial charge in [0.1, 0.15) is 9.16 Å². The van der Waals surface area contributed by atoms with E-state index in [4.69, 9.17) is 5.14 Å². The first-order valence-electron chi connectivity index (χ1n) is 6.02.